The van der Waals surface area contributed by atoms with E-state index in [0.29, 0.717) is 0 Å². The van der Waals surface area contributed by atoms with Crippen LogP contribution in [0.2, 0.25) is 0 Å². The molecule has 0 saturated heterocycles. The highest BCUT2D eigenvalue weighted by atomic mass is 32.2. The van der Waals surface area contributed by atoms with Crippen molar-refractivity contribution in [3.05, 3.63) is 0 Å². The lowest BCUT2D eigenvalue weighted by molar-refractivity contribution is 0.377. The molecule has 114 valence electrons. The molecular formula is C17H35NS. The normalized spacial score (nSPS) is 23.7. The van der Waals surface area contributed by atoms with E-state index in [1.54, 1.807) is 0 Å². The lowest BCUT2D eigenvalue weighted by atomic mass is 9.95. The van der Waals surface area contributed by atoms with Gasteiger partial charge in [0.05, 0.1) is 0 Å². The second-order valence-corrected chi connectivity index (χ2v) is 7.29. The van der Waals surface area contributed by atoms with Crippen LogP contribution >= 0.6 is 11.8 Å². The molecule has 0 aromatic carbocycles. The van der Waals surface area contributed by atoms with Gasteiger partial charge in [-0.1, -0.05) is 58.3 Å². The summed E-state index contributed by atoms with van der Waals surface area (Å²) in [5, 5.41) is 4.70. The second-order valence-electron chi connectivity index (χ2n) is 6.15. The summed E-state index contributed by atoms with van der Waals surface area (Å²) in [4.78, 5) is 0. The van der Waals surface area contributed by atoms with Crippen LogP contribution in [0, 0.1) is 0 Å². The molecule has 2 heteroatoms. The maximum Gasteiger partial charge on any atom is 0.00776 e. The van der Waals surface area contributed by atoms with Crippen LogP contribution in [0.3, 0.4) is 0 Å². The van der Waals surface area contributed by atoms with Crippen LogP contribution in [0.25, 0.3) is 0 Å². The highest BCUT2D eigenvalue weighted by molar-refractivity contribution is 7.99. The predicted molar refractivity (Wildman–Crippen MR) is 90.2 cm³/mol. The molecule has 0 amide bonds. The Morgan fingerprint density at radius 3 is 2.32 bits per heavy atom. The minimum atomic E-state index is 0.816. The summed E-state index contributed by atoms with van der Waals surface area (Å²) >= 11 is 2.07. The van der Waals surface area contributed by atoms with Crippen LogP contribution in [0.1, 0.15) is 84.0 Å². The lowest BCUT2D eigenvalue weighted by Crippen LogP contribution is -2.35. The molecule has 0 spiro atoms. The van der Waals surface area contributed by atoms with E-state index in [9.17, 15) is 0 Å². The fourth-order valence-electron chi connectivity index (χ4n) is 3.11. The molecule has 1 N–H and O–H groups in total. The highest BCUT2D eigenvalue weighted by Crippen LogP contribution is 2.26. The minimum absolute atomic E-state index is 0.816. The molecule has 0 aromatic heterocycles. The molecule has 1 saturated carbocycles. The van der Waals surface area contributed by atoms with Crippen LogP contribution in [0.15, 0.2) is 0 Å². The van der Waals surface area contributed by atoms with Crippen molar-refractivity contribution in [2.45, 2.75) is 95.3 Å². The van der Waals surface area contributed by atoms with Gasteiger partial charge in [0.25, 0.3) is 0 Å². The Morgan fingerprint density at radius 2 is 1.63 bits per heavy atom. The minimum Gasteiger partial charge on any atom is -0.314 e. The van der Waals surface area contributed by atoms with Gasteiger partial charge in [-0.05, 0) is 38.5 Å². The van der Waals surface area contributed by atoms with E-state index >= 15 is 0 Å². The average Bonchev–Trinajstić information content (AvgIpc) is 2.46. The zero-order valence-corrected chi connectivity index (χ0v) is 14.1. The Kier molecular flexibility index (Phi) is 11.0. The van der Waals surface area contributed by atoms with Gasteiger partial charge < -0.3 is 5.32 Å². The molecule has 0 aromatic rings. The average molecular weight is 286 g/mol. The molecule has 19 heavy (non-hydrogen) atoms. The van der Waals surface area contributed by atoms with Crippen LogP contribution in [-0.4, -0.2) is 24.1 Å². The third-order valence-electron chi connectivity index (χ3n) is 4.42. The highest BCUT2D eigenvalue weighted by Gasteiger charge is 2.20. The third kappa shape index (κ3) is 8.96. The number of hydrogen-bond donors (Lipinski definition) is 1. The quantitative estimate of drug-likeness (QED) is 0.511. The summed E-state index contributed by atoms with van der Waals surface area (Å²) in [6.07, 6.45) is 19.4. The van der Waals surface area contributed by atoms with E-state index in [1.807, 2.05) is 0 Å². The van der Waals surface area contributed by atoms with E-state index in [-0.39, 0.29) is 0 Å². The van der Waals surface area contributed by atoms with Gasteiger partial charge in [-0.25, -0.2) is 0 Å². The van der Waals surface area contributed by atoms with Gasteiger partial charge in [-0.3, -0.25) is 0 Å². The molecule has 2 atom stereocenters. The zero-order valence-electron chi connectivity index (χ0n) is 13.3. The van der Waals surface area contributed by atoms with Gasteiger partial charge in [0, 0.05) is 11.3 Å². The first-order valence-corrected chi connectivity index (χ1v) is 9.91. The number of thioether (sulfide) groups is 1. The molecule has 1 rings (SSSR count). The fraction of sp³-hybridized carbons (Fsp3) is 1.00. The Bertz CT molecular complexity index is 196. The van der Waals surface area contributed by atoms with Crippen molar-refractivity contribution in [1.82, 2.24) is 5.32 Å². The van der Waals surface area contributed by atoms with Crippen LogP contribution in [0.5, 0.6) is 0 Å². The molecule has 1 aliphatic rings. The maximum absolute atomic E-state index is 3.78. The van der Waals surface area contributed by atoms with Crippen molar-refractivity contribution >= 4 is 11.8 Å². The second kappa shape index (κ2) is 12.1. The lowest BCUT2D eigenvalue weighted by Gasteiger charge is -2.28. The van der Waals surface area contributed by atoms with Gasteiger partial charge in [0.1, 0.15) is 0 Å². The molecule has 1 nitrogen and oxygen atoms in total. The van der Waals surface area contributed by atoms with Crippen LogP contribution < -0.4 is 5.32 Å². The fourth-order valence-corrected chi connectivity index (χ4v) is 3.94. The van der Waals surface area contributed by atoms with Gasteiger partial charge in [0.15, 0.2) is 0 Å². The molecule has 0 radical (unpaired) electrons. The van der Waals surface area contributed by atoms with Gasteiger partial charge in [-0.2, -0.15) is 11.8 Å². The molecule has 1 fully saturated rings. The van der Waals surface area contributed by atoms with Gasteiger partial charge in [0.2, 0.25) is 0 Å². The smallest absolute Gasteiger partial charge is 0.00776 e. The summed E-state index contributed by atoms with van der Waals surface area (Å²) in [5.74, 6) is 0. The first-order chi connectivity index (χ1) is 9.36. The van der Waals surface area contributed by atoms with Crippen LogP contribution in [0.4, 0.5) is 0 Å². The Hall–Kier alpha value is 0.310. The number of nitrogens with one attached hydrogen (secondary N) is 1. The topological polar surface area (TPSA) is 12.0 Å². The van der Waals surface area contributed by atoms with Crippen LogP contribution in [-0.2, 0) is 0 Å². The molecule has 2 unspecified atom stereocenters. The first kappa shape index (κ1) is 17.4. The Labute approximate surface area is 125 Å². The van der Waals surface area contributed by atoms with Gasteiger partial charge >= 0.3 is 0 Å². The van der Waals surface area contributed by atoms with Crippen molar-refractivity contribution in [3.8, 4) is 0 Å². The summed E-state index contributed by atoms with van der Waals surface area (Å²) in [7, 11) is 0. The number of hydrogen-bond acceptors (Lipinski definition) is 2. The summed E-state index contributed by atoms with van der Waals surface area (Å²) in [5.41, 5.74) is 0. The van der Waals surface area contributed by atoms with E-state index in [2.05, 4.69) is 30.3 Å². The van der Waals surface area contributed by atoms with E-state index in [0.717, 1.165) is 11.3 Å². The standard InChI is InChI=1S/C17H35NS/c1-3-4-5-6-7-8-9-10-14-18-16-12-11-13-17(15-16)19-2/h16-18H,3-15H2,1-2H3. The van der Waals surface area contributed by atoms with Crippen molar-refractivity contribution in [2.75, 3.05) is 12.8 Å². The molecule has 0 aliphatic heterocycles. The Balaban J connectivity index is 1.85. The summed E-state index contributed by atoms with van der Waals surface area (Å²) in [6.45, 7) is 3.54. The van der Waals surface area contributed by atoms with E-state index in [1.165, 1.54) is 83.6 Å². The number of rotatable bonds is 11. The summed E-state index contributed by atoms with van der Waals surface area (Å²) in [6, 6.07) is 0.816. The Morgan fingerprint density at radius 1 is 0.947 bits per heavy atom. The third-order valence-corrected chi connectivity index (χ3v) is 5.52. The van der Waals surface area contributed by atoms with Crippen molar-refractivity contribution in [2.24, 2.45) is 0 Å². The SMILES string of the molecule is CCCCCCCCCCNC1CCCC(SC)C1. The largest absolute Gasteiger partial charge is 0.314 e. The van der Waals surface area contributed by atoms with E-state index in [4.69, 9.17) is 0 Å². The van der Waals surface area contributed by atoms with Crippen molar-refractivity contribution in [3.63, 3.8) is 0 Å². The molecule has 1 aliphatic carbocycles. The zero-order chi connectivity index (χ0) is 13.8. The maximum atomic E-state index is 3.78. The van der Waals surface area contributed by atoms with Crippen molar-refractivity contribution in [1.29, 1.82) is 0 Å². The predicted octanol–water partition coefficient (Wildman–Crippen LogP) is 5.39. The molecule has 0 heterocycles. The van der Waals surface area contributed by atoms with Crippen molar-refractivity contribution < 1.29 is 0 Å². The van der Waals surface area contributed by atoms with E-state index < -0.39 is 0 Å². The monoisotopic (exact) mass is 285 g/mol. The number of unbranched alkanes of at least 4 members (excludes halogenated alkanes) is 7. The molecule has 0 bridgehead atoms. The summed E-state index contributed by atoms with van der Waals surface area (Å²) < 4.78 is 0. The first-order valence-electron chi connectivity index (χ1n) is 8.63. The molecular weight excluding hydrogens is 250 g/mol. The van der Waals surface area contributed by atoms with Gasteiger partial charge in [-0.15, -0.1) is 0 Å².